The van der Waals surface area contributed by atoms with Crippen molar-refractivity contribution in [1.29, 1.82) is 0 Å². The molecule has 0 spiro atoms. The van der Waals surface area contributed by atoms with Crippen LogP contribution < -0.4 is 9.80 Å². The number of hydrogen-bond donors (Lipinski definition) is 1. The maximum absolute atomic E-state index is 13.9. The highest BCUT2D eigenvalue weighted by molar-refractivity contribution is 6.31. The number of benzene rings is 2. The molecule has 1 unspecified atom stereocenters. The van der Waals surface area contributed by atoms with Gasteiger partial charge in [0.25, 0.3) is 0 Å². The summed E-state index contributed by atoms with van der Waals surface area (Å²) in [5.74, 6) is -1.64. The van der Waals surface area contributed by atoms with Crippen LogP contribution in [0.4, 0.5) is 24.5 Å². The lowest BCUT2D eigenvalue weighted by atomic mass is 9.99. The van der Waals surface area contributed by atoms with Gasteiger partial charge in [-0.25, -0.2) is 4.79 Å². The molecular formula is C29H33ClF3N5O2. The molecule has 1 N–H and O–H groups in total. The van der Waals surface area contributed by atoms with Crippen molar-refractivity contribution in [3.05, 3.63) is 64.9 Å². The summed E-state index contributed by atoms with van der Waals surface area (Å²) in [6.45, 7) is 9.30. The number of piperidine rings is 1. The molecule has 0 amide bonds. The molecule has 1 atom stereocenters. The van der Waals surface area contributed by atoms with Crippen molar-refractivity contribution < 1.29 is 23.1 Å². The van der Waals surface area contributed by atoms with Crippen molar-refractivity contribution in [2.75, 3.05) is 49.1 Å². The van der Waals surface area contributed by atoms with Gasteiger partial charge in [-0.2, -0.15) is 18.3 Å². The Labute approximate surface area is 236 Å². The Morgan fingerprint density at radius 3 is 2.35 bits per heavy atom. The lowest BCUT2D eigenvalue weighted by Crippen LogP contribution is -2.48. The van der Waals surface area contributed by atoms with Gasteiger partial charge < -0.3 is 14.9 Å². The number of halogens is 4. The van der Waals surface area contributed by atoms with Crippen molar-refractivity contribution in [1.82, 2.24) is 14.7 Å². The average molecular weight is 576 g/mol. The molecule has 2 fully saturated rings. The molecule has 0 aliphatic carbocycles. The van der Waals surface area contributed by atoms with Gasteiger partial charge in [0.15, 0.2) is 5.69 Å². The number of carboxylic acids is 1. The van der Waals surface area contributed by atoms with Crippen LogP contribution in [0.1, 0.15) is 48.8 Å². The number of aromatic nitrogens is 2. The van der Waals surface area contributed by atoms with E-state index in [0.717, 1.165) is 59.6 Å². The maximum Gasteiger partial charge on any atom is 0.433 e. The fourth-order valence-electron chi connectivity index (χ4n) is 5.81. The minimum atomic E-state index is -4.84. The monoisotopic (exact) mass is 575 g/mol. The largest absolute Gasteiger partial charge is 0.478 e. The van der Waals surface area contributed by atoms with Crippen molar-refractivity contribution in [2.24, 2.45) is 0 Å². The standard InChI is InChI=1S/C29H33ClF3N5O2/c1-19(2)35-12-14-36(15-13-35)22-8-5-20(6-9-22)24-10-7-21(30)16-26(24)37-11-3-4-23(18-37)38-27(29(31,32)33)25(17-34-38)28(39)40/h5-10,16-17,19,23H,3-4,11-15,18H2,1-2H3,(H,39,40). The smallest absolute Gasteiger partial charge is 0.433 e. The number of carbonyl (C=O) groups is 1. The Bertz CT molecular complexity index is 1350. The third kappa shape index (κ3) is 5.78. The van der Waals surface area contributed by atoms with Crippen LogP contribution in [-0.2, 0) is 6.18 Å². The molecule has 5 rings (SSSR count). The highest BCUT2D eigenvalue weighted by Gasteiger charge is 2.42. The normalized spacial score (nSPS) is 18.9. The van der Waals surface area contributed by atoms with Gasteiger partial charge in [0.2, 0.25) is 0 Å². The molecule has 0 saturated carbocycles. The quantitative estimate of drug-likeness (QED) is 0.373. The predicted molar refractivity (Wildman–Crippen MR) is 150 cm³/mol. The van der Waals surface area contributed by atoms with Gasteiger partial charge in [-0.05, 0) is 56.5 Å². The summed E-state index contributed by atoms with van der Waals surface area (Å²) < 4.78 is 42.5. The van der Waals surface area contributed by atoms with E-state index in [1.807, 2.05) is 23.1 Å². The molecule has 2 aromatic carbocycles. The van der Waals surface area contributed by atoms with Crippen LogP contribution in [0.3, 0.4) is 0 Å². The number of anilines is 2. The topological polar surface area (TPSA) is 64.8 Å². The summed E-state index contributed by atoms with van der Waals surface area (Å²) in [5.41, 5.74) is 1.86. The zero-order valence-electron chi connectivity index (χ0n) is 22.5. The van der Waals surface area contributed by atoms with Crippen molar-refractivity contribution in [2.45, 2.75) is 44.9 Å². The number of carboxylic acid groups (broad SMARTS) is 1. The van der Waals surface area contributed by atoms with E-state index < -0.39 is 29.4 Å². The fourth-order valence-corrected chi connectivity index (χ4v) is 5.98. The van der Waals surface area contributed by atoms with Crippen LogP contribution in [0, 0.1) is 0 Å². The molecule has 1 aromatic heterocycles. The maximum atomic E-state index is 13.9. The lowest BCUT2D eigenvalue weighted by Gasteiger charge is -2.38. The summed E-state index contributed by atoms with van der Waals surface area (Å²) in [7, 11) is 0. The Balaban J connectivity index is 1.40. The molecular weight excluding hydrogens is 543 g/mol. The van der Waals surface area contributed by atoms with Crippen molar-refractivity contribution >= 4 is 28.9 Å². The molecule has 7 nitrogen and oxygen atoms in total. The molecule has 0 bridgehead atoms. The SMILES string of the molecule is CC(C)N1CCN(c2ccc(-c3ccc(Cl)cc3N3CCCC(n4ncc(C(=O)O)c4C(F)(F)F)C3)cc2)CC1. The third-order valence-electron chi connectivity index (χ3n) is 7.93. The van der Waals surface area contributed by atoms with Gasteiger partial charge in [0.1, 0.15) is 5.56 Å². The lowest BCUT2D eigenvalue weighted by molar-refractivity contribution is -0.145. The number of hydrogen-bond acceptors (Lipinski definition) is 5. The zero-order chi connectivity index (χ0) is 28.6. The van der Waals surface area contributed by atoms with E-state index in [4.69, 9.17) is 11.6 Å². The molecule has 11 heteroatoms. The summed E-state index contributed by atoms with van der Waals surface area (Å²) in [5, 5.41) is 13.7. The Kier molecular flexibility index (Phi) is 8.01. The van der Waals surface area contributed by atoms with Gasteiger partial charge >= 0.3 is 12.1 Å². The Morgan fingerprint density at radius 2 is 1.73 bits per heavy atom. The van der Waals surface area contributed by atoms with E-state index in [1.54, 1.807) is 0 Å². The van der Waals surface area contributed by atoms with Gasteiger partial charge in [-0.15, -0.1) is 0 Å². The van der Waals surface area contributed by atoms with E-state index in [9.17, 15) is 23.1 Å². The first-order valence-electron chi connectivity index (χ1n) is 13.5. The van der Waals surface area contributed by atoms with E-state index in [-0.39, 0.29) is 6.54 Å². The molecule has 214 valence electrons. The Morgan fingerprint density at radius 1 is 1.02 bits per heavy atom. The second kappa shape index (κ2) is 11.3. The highest BCUT2D eigenvalue weighted by Crippen LogP contribution is 2.39. The van der Waals surface area contributed by atoms with E-state index >= 15 is 0 Å². The second-order valence-corrected chi connectivity index (χ2v) is 11.2. The molecule has 3 aromatic rings. The Hall–Kier alpha value is -3.24. The van der Waals surface area contributed by atoms with Crippen LogP contribution in [0.5, 0.6) is 0 Å². The first-order valence-corrected chi connectivity index (χ1v) is 13.9. The molecule has 40 heavy (non-hydrogen) atoms. The summed E-state index contributed by atoms with van der Waals surface area (Å²) in [6, 6.07) is 13.9. The van der Waals surface area contributed by atoms with E-state index in [1.165, 1.54) is 0 Å². The number of aromatic carboxylic acids is 1. The third-order valence-corrected chi connectivity index (χ3v) is 8.16. The van der Waals surface area contributed by atoms with Crippen LogP contribution in [0.2, 0.25) is 5.02 Å². The summed E-state index contributed by atoms with van der Waals surface area (Å²) >= 11 is 6.39. The fraction of sp³-hybridized carbons (Fsp3) is 0.448. The minimum absolute atomic E-state index is 0.245. The molecule has 2 aliphatic heterocycles. The average Bonchev–Trinajstić information content (AvgIpc) is 3.40. The predicted octanol–water partition coefficient (Wildman–Crippen LogP) is 6.29. The zero-order valence-corrected chi connectivity index (χ0v) is 23.3. The number of piperazine rings is 1. The van der Waals surface area contributed by atoms with Gasteiger partial charge in [0, 0.05) is 67.3 Å². The van der Waals surface area contributed by atoms with Crippen LogP contribution >= 0.6 is 11.6 Å². The molecule has 3 heterocycles. The van der Waals surface area contributed by atoms with Crippen molar-refractivity contribution in [3.63, 3.8) is 0 Å². The van der Waals surface area contributed by atoms with E-state index in [0.29, 0.717) is 30.5 Å². The summed E-state index contributed by atoms with van der Waals surface area (Å²) in [6.07, 6.45) is -2.97. The minimum Gasteiger partial charge on any atom is -0.478 e. The molecule has 0 radical (unpaired) electrons. The van der Waals surface area contributed by atoms with Gasteiger partial charge in [-0.1, -0.05) is 29.8 Å². The first kappa shape index (κ1) is 28.3. The first-order chi connectivity index (χ1) is 19.0. The second-order valence-electron chi connectivity index (χ2n) is 10.7. The van der Waals surface area contributed by atoms with Crippen LogP contribution in [0.25, 0.3) is 11.1 Å². The van der Waals surface area contributed by atoms with E-state index in [2.05, 4.69) is 53.0 Å². The van der Waals surface area contributed by atoms with Crippen LogP contribution in [0.15, 0.2) is 48.7 Å². The number of alkyl halides is 3. The molecule has 2 saturated heterocycles. The van der Waals surface area contributed by atoms with Crippen molar-refractivity contribution in [3.8, 4) is 11.1 Å². The van der Waals surface area contributed by atoms with Gasteiger partial charge in [0.05, 0.1) is 12.2 Å². The highest BCUT2D eigenvalue weighted by atomic mass is 35.5. The number of nitrogens with zero attached hydrogens (tertiary/aromatic N) is 5. The van der Waals surface area contributed by atoms with Gasteiger partial charge in [-0.3, -0.25) is 9.58 Å². The molecule has 2 aliphatic rings. The van der Waals surface area contributed by atoms with Crippen LogP contribution in [-0.4, -0.2) is 71.1 Å². The number of rotatable bonds is 6. The summed E-state index contributed by atoms with van der Waals surface area (Å²) in [4.78, 5) is 18.4.